The van der Waals surface area contributed by atoms with Crippen molar-refractivity contribution in [2.45, 2.75) is 39.8 Å². The van der Waals surface area contributed by atoms with Crippen LogP contribution in [0.15, 0.2) is 12.4 Å². The van der Waals surface area contributed by atoms with Gasteiger partial charge in [-0.15, -0.1) is 0 Å². The normalized spacial score (nSPS) is 11.3. The van der Waals surface area contributed by atoms with Crippen LogP contribution in [-0.4, -0.2) is 54.6 Å². The first-order valence-electron chi connectivity index (χ1n) is 7.47. The van der Waals surface area contributed by atoms with E-state index in [0.717, 1.165) is 44.1 Å². The van der Waals surface area contributed by atoms with Crippen LogP contribution in [0, 0.1) is 0 Å². The zero-order valence-corrected chi connectivity index (χ0v) is 13.6. The molecule has 20 heavy (non-hydrogen) atoms. The molecule has 114 valence electrons. The van der Waals surface area contributed by atoms with Crippen LogP contribution in [0.5, 0.6) is 0 Å². The molecule has 0 spiro atoms. The summed E-state index contributed by atoms with van der Waals surface area (Å²) in [6, 6.07) is 0.467. The second-order valence-electron chi connectivity index (χ2n) is 5.64. The van der Waals surface area contributed by atoms with Crippen molar-refractivity contribution in [1.29, 1.82) is 0 Å². The van der Waals surface area contributed by atoms with Crippen molar-refractivity contribution in [3.05, 3.63) is 18.1 Å². The summed E-state index contributed by atoms with van der Waals surface area (Å²) >= 11 is 0. The average molecular weight is 279 g/mol. The lowest BCUT2D eigenvalue weighted by Gasteiger charge is -2.22. The zero-order chi connectivity index (χ0) is 15.0. The fourth-order valence-corrected chi connectivity index (χ4v) is 1.92. The molecule has 1 heterocycles. The van der Waals surface area contributed by atoms with E-state index in [-0.39, 0.29) is 0 Å². The van der Waals surface area contributed by atoms with Crippen LogP contribution in [-0.2, 0) is 6.54 Å². The first-order chi connectivity index (χ1) is 9.52. The van der Waals surface area contributed by atoms with Crippen LogP contribution in [0.2, 0.25) is 0 Å². The maximum absolute atomic E-state index is 4.54. The van der Waals surface area contributed by atoms with E-state index >= 15 is 0 Å². The van der Waals surface area contributed by atoms with Crippen molar-refractivity contribution in [2.75, 3.05) is 38.6 Å². The highest BCUT2D eigenvalue weighted by Gasteiger charge is 2.06. The fraction of sp³-hybridized carbons (Fsp3) is 0.733. The van der Waals surface area contributed by atoms with Gasteiger partial charge in [0.05, 0.1) is 18.1 Å². The van der Waals surface area contributed by atoms with Gasteiger partial charge in [-0.25, -0.2) is 4.98 Å². The van der Waals surface area contributed by atoms with E-state index in [4.69, 9.17) is 0 Å². The van der Waals surface area contributed by atoms with Gasteiger partial charge < -0.3 is 15.1 Å². The molecule has 0 saturated carbocycles. The van der Waals surface area contributed by atoms with Gasteiger partial charge in [0.15, 0.2) is 0 Å². The summed E-state index contributed by atoms with van der Waals surface area (Å²) in [7, 11) is 4.21. The van der Waals surface area contributed by atoms with Gasteiger partial charge in [-0.05, 0) is 34.0 Å². The predicted octanol–water partition coefficient (Wildman–Crippen LogP) is 1.75. The Hall–Kier alpha value is -1.20. The number of rotatable bonds is 9. The molecular weight excluding hydrogens is 250 g/mol. The molecule has 1 aromatic rings. The molecule has 1 aromatic heterocycles. The van der Waals surface area contributed by atoms with E-state index in [2.05, 4.69) is 60.0 Å². The van der Waals surface area contributed by atoms with Gasteiger partial charge in [-0.2, -0.15) is 0 Å². The molecule has 5 nitrogen and oxygen atoms in total. The second-order valence-corrected chi connectivity index (χ2v) is 5.64. The maximum Gasteiger partial charge on any atom is 0.147 e. The van der Waals surface area contributed by atoms with Gasteiger partial charge in [-0.3, -0.25) is 4.98 Å². The number of hydrogen-bond donors (Lipinski definition) is 1. The van der Waals surface area contributed by atoms with Crippen LogP contribution in [0.25, 0.3) is 0 Å². The van der Waals surface area contributed by atoms with E-state index in [0.29, 0.717) is 6.04 Å². The monoisotopic (exact) mass is 279 g/mol. The molecule has 5 heteroatoms. The molecule has 1 rings (SSSR count). The molecular formula is C15H29N5. The molecule has 0 aliphatic carbocycles. The third-order valence-electron chi connectivity index (χ3n) is 3.12. The molecule has 0 aliphatic rings. The number of nitrogens with zero attached hydrogens (tertiary/aromatic N) is 4. The van der Waals surface area contributed by atoms with Crippen LogP contribution < -0.4 is 10.2 Å². The zero-order valence-electron chi connectivity index (χ0n) is 13.6. The Morgan fingerprint density at radius 2 is 1.90 bits per heavy atom. The van der Waals surface area contributed by atoms with Crippen molar-refractivity contribution >= 4 is 5.82 Å². The molecule has 0 fully saturated rings. The summed E-state index contributed by atoms with van der Waals surface area (Å²) in [5.41, 5.74) is 0.992. The first kappa shape index (κ1) is 16.9. The van der Waals surface area contributed by atoms with Crippen LogP contribution in [0.4, 0.5) is 5.82 Å². The summed E-state index contributed by atoms with van der Waals surface area (Å²) in [5, 5.41) is 3.35. The minimum Gasteiger partial charge on any atom is -0.356 e. The minimum absolute atomic E-state index is 0.467. The standard InChI is InChI=1S/C15H29N5/c1-6-20(9-7-8-19(4)5)15-12-17-14(11-18-15)10-16-13(2)3/h11-13,16H,6-10H2,1-5H3. The Balaban J connectivity index is 2.51. The molecule has 0 saturated heterocycles. The van der Waals surface area contributed by atoms with Gasteiger partial charge in [0.25, 0.3) is 0 Å². The molecule has 1 N–H and O–H groups in total. The third kappa shape index (κ3) is 6.30. The molecule has 0 radical (unpaired) electrons. The van der Waals surface area contributed by atoms with E-state index in [1.807, 2.05) is 12.4 Å². The summed E-state index contributed by atoms with van der Waals surface area (Å²) in [5.74, 6) is 0.972. The SMILES string of the molecule is CCN(CCCN(C)C)c1cnc(CNC(C)C)cn1. The lowest BCUT2D eigenvalue weighted by Crippen LogP contribution is -2.28. The van der Waals surface area contributed by atoms with Crippen LogP contribution in [0.1, 0.15) is 32.9 Å². The summed E-state index contributed by atoms with van der Waals surface area (Å²) in [6.07, 6.45) is 4.90. The second kappa shape index (κ2) is 8.87. The number of nitrogens with one attached hydrogen (secondary N) is 1. The van der Waals surface area contributed by atoms with Crippen molar-refractivity contribution < 1.29 is 0 Å². The third-order valence-corrected chi connectivity index (χ3v) is 3.12. The highest BCUT2D eigenvalue weighted by atomic mass is 15.2. The summed E-state index contributed by atoms with van der Waals surface area (Å²) in [6.45, 7) is 10.3. The van der Waals surface area contributed by atoms with Crippen molar-refractivity contribution in [3.63, 3.8) is 0 Å². The van der Waals surface area contributed by atoms with Crippen molar-refractivity contribution in [2.24, 2.45) is 0 Å². The van der Waals surface area contributed by atoms with Crippen LogP contribution in [0.3, 0.4) is 0 Å². The lowest BCUT2D eigenvalue weighted by molar-refractivity contribution is 0.400. The van der Waals surface area contributed by atoms with E-state index < -0.39 is 0 Å². The first-order valence-corrected chi connectivity index (χ1v) is 7.47. The summed E-state index contributed by atoms with van der Waals surface area (Å²) in [4.78, 5) is 13.5. The highest BCUT2D eigenvalue weighted by molar-refractivity contribution is 5.35. The Labute approximate surface area is 123 Å². The number of aromatic nitrogens is 2. The molecule has 0 aliphatic heterocycles. The van der Waals surface area contributed by atoms with E-state index in [1.165, 1.54) is 0 Å². The predicted molar refractivity (Wildman–Crippen MR) is 85.1 cm³/mol. The Morgan fingerprint density at radius 3 is 2.40 bits per heavy atom. The Bertz CT molecular complexity index is 361. The molecule has 0 unspecified atom stereocenters. The Kier molecular flexibility index (Phi) is 7.47. The number of anilines is 1. The largest absolute Gasteiger partial charge is 0.356 e. The lowest BCUT2D eigenvalue weighted by atomic mass is 10.3. The minimum atomic E-state index is 0.467. The Morgan fingerprint density at radius 1 is 1.15 bits per heavy atom. The molecule has 0 amide bonds. The van der Waals surface area contributed by atoms with Crippen molar-refractivity contribution in [1.82, 2.24) is 20.2 Å². The van der Waals surface area contributed by atoms with Gasteiger partial charge in [0.2, 0.25) is 0 Å². The van der Waals surface area contributed by atoms with Crippen molar-refractivity contribution in [3.8, 4) is 0 Å². The molecule has 0 bridgehead atoms. The highest BCUT2D eigenvalue weighted by Crippen LogP contribution is 2.09. The van der Waals surface area contributed by atoms with Gasteiger partial charge in [0, 0.05) is 25.7 Å². The number of hydrogen-bond acceptors (Lipinski definition) is 5. The average Bonchev–Trinajstić information content (AvgIpc) is 2.42. The topological polar surface area (TPSA) is 44.3 Å². The van der Waals surface area contributed by atoms with Gasteiger partial charge in [-0.1, -0.05) is 13.8 Å². The summed E-state index contributed by atoms with van der Waals surface area (Å²) < 4.78 is 0. The van der Waals surface area contributed by atoms with Crippen LogP contribution >= 0.6 is 0 Å². The smallest absolute Gasteiger partial charge is 0.147 e. The fourth-order valence-electron chi connectivity index (χ4n) is 1.92. The maximum atomic E-state index is 4.54. The quantitative estimate of drug-likeness (QED) is 0.746. The van der Waals surface area contributed by atoms with E-state index in [9.17, 15) is 0 Å². The molecule has 0 atom stereocenters. The van der Waals surface area contributed by atoms with Gasteiger partial charge >= 0.3 is 0 Å². The van der Waals surface area contributed by atoms with E-state index in [1.54, 1.807) is 0 Å². The molecule has 0 aromatic carbocycles. The van der Waals surface area contributed by atoms with Gasteiger partial charge in [0.1, 0.15) is 5.82 Å².